The molecule has 0 spiro atoms. The number of rotatable bonds is 5. The average Bonchev–Trinajstić information content (AvgIpc) is 3.18. The molecule has 3 aromatic rings. The molecule has 2 aliphatic heterocycles. The van der Waals surface area contributed by atoms with Crippen LogP contribution in [-0.4, -0.2) is 82.3 Å². The highest BCUT2D eigenvalue weighted by Gasteiger charge is 2.28. The van der Waals surface area contributed by atoms with E-state index in [1.54, 1.807) is 19.5 Å². The van der Waals surface area contributed by atoms with Crippen molar-refractivity contribution in [1.82, 2.24) is 29.2 Å². The van der Waals surface area contributed by atoms with Gasteiger partial charge < -0.3 is 20.1 Å². The lowest BCUT2D eigenvalue weighted by Crippen LogP contribution is -2.37. The number of anilines is 2. The van der Waals surface area contributed by atoms with Gasteiger partial charge >= 0.3 is 0 Å². The van der Waals surface area contributed by atoms with Crippen molar-refractivity contribution in [2.75, 3.05) is 63.7 Å². The molecular formula is C20H25ClN8O2. The lowest BCUT2D eigenvalue weighted by molar-refractivity contribution is 0.122. The highest BCUT2D eigenvalue weighted by molar-refractivity contribution is 6.32. The van der Waals surface area contributed by atoms with Crippen molar-refractivity contribution in [2.45, 2.75) is 13.0 Å². The Hall–Kier alpha value is -2.53. The second kappa shape index (κ2) is 8.54. The summed E-state index contributed by atoms with van der Waals surface area (Å²) in [5.41, 5.74) is 9.96. The second-order valence-corrected chi connectivity index (χ2v) is 8.05. The van der Waals surface area contributed by atoms with E-state index in [0.717, 1.165) is 67.6 Å². The minimum atomic E-state index is 0.213. The van der Waals surface area contributed by atoms with E-state index in [1.807, 2.05) is 4.40 Å². The topological polar surface area (TPSA) is 107 Å². The zero-order valence-electron chi connectivity index (χ0n) is 17.4. The molecule has 1 saturated heterocycles. The van der Waals surface area contributed by atoms with E-state index in [9.17, 15) is 0 Å². The minimum Gasteiger partial charge on any atom is -0.383 e. The number of nitrogens with zero attached hydrogens (tertiary/aromatic N) is 7. The van der Waals surface area contributed by atoms with Gasteiger partial charge in [-0.1, -0.05) is 11.6 Å². The largest absolute Gasteiger partial charge is 0.383 e. The van der Waals surface area contributed by atoms with Gasteiger partial charge in [0.05, 0.1) is 25.5 Å². The summed E-state index contributed by atoms with van der Waals surface area (Å²) in [6.45, 7) is 6.07. The van der Waals surface area contributed by atoms with Gasteiger partial charge in [-0.25, -0.2) is 19.9 Å². The Morgan fingerprint density at radius 1 is 1.16 bits per heavy atom. The molecular weight excluding hydrogens is 420 g/mol. The van der Waals surface area contributed by atoms with Crippen LogP contribution >= 0.6 is 11.6 Å². The number of methoxy groups -OCH3 is 1. The molecule has 2 aliphatic rings. The summed E-state index contributed by atoms with van der Waals surface area (Å²) >= 11 is 6.92. The smallest absolute Gasteiger partial charge is 0.219 e. The highest BCUT2D eigenvalue weighted by Crippen LogP contribution is 2.35. The van der Waals surface area contributed by atoms with E-state index in [4.69, 9.17) is 36.8 Å². The molecule has 0 unspecified atom stereocenters. The summed E-state index contributed by atoms with van der Waals surface area (Å²) in [5, 5.41) is 0.513. The second-order valence-electron chi connectivity index (χ2n) is 7.69. The van der Waals surface area contributed by atoms with E-state index >= 15 is 0 Å². The lowest BCUT2D eigenvalue weighted by atomic mass is 10.1. The van der Waals surface area contributed by atoms with Crippen LogP contribution in [0.5, 0.6) is 0 Å². The van der Waals surface area contributed by atoms with Crippen LogP contribution in [0.25, 0.3) is 16.9 Å². The molecule has 31 heavy (non-hydrogen) atoms. The molecule has 0 bridgehead atoms. The average molecular weight is 445 g/mol. The predicted octanol–water partition coefficient (Wildman–Crippen LogP) is 1.26. The molecule has 0 radical (unpaired) electrons. The molecule has 10 nitrogen and oxygen atoms in total. The molecule has 0 atom stereocenters. The van der Waals surface area contributed by atoms with E-state index in [2.05, 4.69) is 19.8 Å². The van der Waals surface area contributed by atoms with Gasteiger partial charge in [-0.3, -0.25) is 9.30 Å². The monoisotopic (exact) mass is 444 g/mol. The first-order valence-electron chi connectivity index (χ1n) is 10.4. The van der Waals surface area contributed by atoms with Gasteiger partial charge in [-0.05, 0) is 0 Å². The van der Waals surface area contributed by atoms with Crippen LogP contribution < -0.4 is 10.6 Å². The molecule has 3 aromatic heterocycles. The maximum absolute atomic E-state index is 6.92. The van der Waals surface area contributed by atoms with Crippen molar-refractivity contribution < 1.29 is 9.47 Å². The van der Waals surface area contributed by atoms with Crippen LogP contribution in [0.2, 0.25) is 5.15 Å². The Labute approximate surface area is 185 Å². The van der Waals surface area contributed by atoms with E-state index in [-0.39, 0.29) is 5.95 Å². The third-order valence-electron chi connectivity index (χ3n) is 5.77. The van der Waals surface area contributed by atoms with Crippen LogP contribution in [0.15, 0.2) is 12.4 Å². The zero-order valence-corrected chi connectivity index (χ0v) is 18.2. The minimum absolute atomic E-state index is 0.213. The quantitative estimate of drug-likeness (QED) is 0.622. The Kier molecular flexibility index (Phi) is 5.61. The molecule has 164 valence electrons. The number of nitrogens with two attached hydrogens (primary N) is 1. The van der Waals surface area contributed by atoms with Crippen molar-refractivity contribution in [3.05, 3.63) is 28.9 Å². The maximum atomic E-state index is 6.92. The third kappa shape index (κ3) is 3.80. The lowest BCUT2D eigenvalue weighted by Gasteiger charge is -2.28. The van der Waals surface area contributed by atoms with Gasteiger partial charge in [0, 0.05) is 69.9 Å². The normalized spacial score (nSPS) is 17.3. The first-order chi connectivity index (χ1) is 15.2. The number of hydrogen-bond donors (Lipinski definition) is 1. The van der Waals surface area contributed by atoms with Crippen LogP contribution in [0, 0.1) is 0 Å². The molecule has 2 N–H and O–H groups in total. The molecule has 0 amide bonds. The molecule has 0 aliphatic carbocycles. The van der Waals surface area contributed by atoms with E-state index in [1.165, 1.54) is 0 Å². The molecule has 5 rings (SSSR count). The molecule has 0 saturated carbocycles. The fourth-order valence-corrected chi connectivity index (χ4v) is 4.48. The van der Waals surface area contributed by atoms with Gasteiger partial charge in [0.1, 0.15) is 10.8 Å². The summed E-state index contributed by atoms with van der Waals surface area (Å²) in [7, 11) is 1.72. The standard InChI is InChI=1S/C20H25ClN8O2/c1-30-7-4-27-3-2-15-14(12-27)25-19-18(28-5-8-31-9-6-28)26-16(17(21)29(15)19)13-10-23-20(22)24-11-13/h10-11H,2-9,12H2,1H3,(H2,22,23,24). The van der Waals surface area contributed by atoms with Gasteiger partial charge in [-0.2, -0.15) is 0 Å². The summed E-state index contributed by atoms with van der Waals surface area (Å²) in [5.74, 6) is 1.02. The molecule has 1 fully saturated rings. The SMILES string of the molecule is COCCN1CCc2c(nc3c(N4CCOCC4)nc(-c4cnc(N)nc4)c(Cl)n23)C1. The maximum Gasteiger partial charge on any atom is 0.219 e. The van der Waals surface area contributed by atoms with Gasteiger partial charge in [0.15, 0.2) is 11.5 Å². The van der Waals surface area contributed by atoms with Crippen LogP contribution in [0.1, 0.15) is 11.4 Å². The Morgan fingerprint density at radius 3 is 2.68 bits per heavy atom. The first-order valence-corrected chi connectivity index (χ1v) is 10.7. The zero-order chi connectivity index (χ0) is 21.4. The highest BCUT2D eigenvalue weighted by atomic mass is 35.5. The van der Waals surface area contributed by atoms with Gasteiger partial charge in [-0.15, -0.1) is 0 Å². The van der Waals surface area contributed by atoms with Crippen molar-refractivity contribution in [3.8, 4) is 11.3 Å². The van der Waals surface area contributed by atoms with E-state index < -0.39 is 0 Å². The van der Waals surface area contributed by atoms with Gasteiger partial charge in [0.25, 0.3) is 0 Å². The van der Waals surface area contributed by atoms with Crippen molar-refractivity contribution >= 4 is 29.0 Å². The Bertz CT molecular complexity index is 1080. The number of imidazole rings is 1. The number of morpholine rings is 1. The van der Waals surface area contributed by atoms with Crippen LogP contribution in [0.4, 0.5) is 11.8 Å². The van der Waals surface area contributed by atoms with Gasteiger partial charge in [0.2, 0.25) is 5.95 Å². The number of hydrogen-bond acceptors (Lipinski definition) is 9. The molecule has 11 heteroatoms. The number of aromatic nitrogens is 5. The van der Waals surface area contributed by atoms with Crippen molar-refractivity contribution in [2.24, 2.45) is 0 Å². The Balaban J connectivity index is 1.65. The number of halogens is 1. The van der Waals surface area contributed by atoms with Crippen LogP contribution in [0.3, 0.4) is 0 Å². The number of ether oxygens (including phenoxy) is 2. The van der Waals surface area contributed by atoms with E-state index in [0.29, 0.717) is 30.7 Å². The summed E-state index contributed by atoms with van der Waals surface area (Å²) < 4.78 is 12.8. The Morgan fingerprint density at radius 2 is 1.94 bits per heavy atom. The number of fused-ring (bicyclic) bond motifs is 3. The summed E-state index contributed by atoms with van der Waals surface area (Å²) in [6.07, 6.45) is 4.16. The number of nitrogen functional groups attached to an aromatic ring is 1. The first kappa shape index (κ1) is 20.4. The third-order valence-corrected chi connectivity index (χ3v) is 6.12. The molecule has 0 aromatic carbocycles. The van der Waals surface area contributed by atoms with Crippen LogP contribution in [-0.2, 0) is 22.4 Å². The molecule has 5 heterocycles. The van der Waals surface area contributed by atoms with Crippen molar-refractivity contribution in [1.29, 1.82) is 0 Å². The summed E-state index contributed by atoms with van der Waals surface area (Å²) in [6, 6.07) is 0. The fraction of sp³-hybridized carbons (Fsp3) is 0.500. The fourth-order valence-electron chi connectivity index (χ4n) is 4.15. The van der Waals surface area contributed by atoms with Crippen molar-refractivity contribution in [3.63, 3.8) is 0 Å². The predicted molar refractivity (Wildman–Crippen MR) is 117 cm³/mol. The summed E-state index contributed by atoms with van der Waals surface area (Å²) in [4.78, 5) is 22.7.